The number of hydrogen-bond donors (Lipinski definition) is 0. The smallest absolute Gasteiger partial charge is 0.258 e. The van der Waals surface area contributed by atoms with Gasteiger partial charge in [0.05, 0.1) is 12.2 Å². The Hall–Kier alpha value is -1.80. The third-order valence-electron chi connectivity index (χ3n) is 3.53. The van der Waals surface area contributed by atoms with Crippen LogP contribution in [0.25, 0.3) is 5.95 Å². The number of nitrogens with zero attached hydrogens (tertiary/aromatic N) is 7. The minimum absolute atomic E-state index is 0.152. The van der Waals surface area contributed by atoms with Crippen molar-refractivity contribution in [3.63, 3.8) is 0 Å². The third-order valence-corrected chi connectivity index (χ3v) is 3.70. The number of hydrogen-bond acceptors (Lipinski definition) is 7. The molecule has 0 radical (unpaired) electrons. The van der Waals surface area contributed by atoms with Crippen molar-refractivity contribution < 1.29 is 4.74 Å². The highest BCUT2D eigenvalue weighted by atomic mass is 35.5. The van der Waals surface area contributed by atoms with E-state index in [0.717, 1.165) is 25.9 Å². The SMILES string of the molecule is Clc1nc(N2CC3CCC(C2)O3)nc(-n2cncn2)n1. The molecule has 2 fully saturated rings. The van der Waals surface area contributed by atoms with E-state index in [0.29, 0.717) is 11.9 Å². The van der Waals surface area contributed by atoms with Crippen LogP contribution in [0.1, 0.15) is 12.8 Å². The van der Waals surface area contributed by atoms with E-state index in [1.807, 2.05) is 0 Å². The van der Waals surface area contributed by atoms with Crippen LogP contribution >= 0.6 is 11.6 Å². The van der Waals surface area contributed by atoms with Gasteiger partial charge in [0, 0.05) is 13.1 Å². The zero-order valence-electron chi connectivity index (χ0n) is 10.6. The molecular weight excluding hydrogens is 282 g/mol. The van der Waals surface area contributed by atoms with Crippen molar-refractivity contribution in [1.82, 2.24) is 29.7 Å². The third kappa shape index (κ3) is 2.10. The van der Waals surface area contributed by atoms with Gasteiger partial charge in [0.2, 0.25) is 11.2 Å². The molecule has 2 aliphatic heterocycles. The maximum Gasteiger partial charge on any atom is 0.258 e. The van der Waals surface area contributed by atoms with Crippen molar-refractivity contribution in [2.24, 2.45) is 0 Å². The summed E-state index contributed by atoms with van der Waals surface area (Å²) in [5.41, 5.74) is 0. The van der Waals surface area contributed by atoms with E-state index in [-0.39, 0.29) is 17.5 Å². The second kappa shape index (κ2) is 4.64. The zero-order valence-corrected chi connectivity index (χ0v) is 11.3. The van der Waals surface area contributed by atoms with Gasteiger partial charge < -0.3 is 9.64 Å². The van der Waals surface area contributed by atoms with Gasteiger partial charge in [0.15, 0.2) is 0 Å². The summed E-state index contributed by atoms with van der Waals surface area (Å²) < 4.78 is 7.27. The molecule has 2 aliphatic rings. The van der Waals surface area contributed by atoms with Crippen LogP contribution in [0.15, 0.2) is 12.7 Å². The van der Waals surface area contributed by atoms with Crippen molar-refractivity contribution in [1.29, 1.82) is 0 Å². The lowest BCUT2D eigenvalue weighted by Gasteiger charge is -2.32. The zero-order chi connectivity index (χ0) is 13.5. The van der Waals surface area contributed by atoms with Crippen molar-refractivity contribution >= 4 is 17.5 Å². The first-order valence-electron chi connectivity index (χ1n) is 6.45. The standard InChI is InChI=1S/C11H12ClN7O/c12-9-15-10(17-11(16-9)19-6-13-5-14-19)18-3-7-1-2-8(4-18)20-7/h5-8H,1-4H2. The molecule has 4 heterocycles. The topological polar surface area (TPSA) is 81.9 Å². The summed E-state index contributed by atoms with van der Waals surface area (Å²) in [5, 5.41) is 4.16. The highest BCUT2D eigenvalue weighted by Gasteiger charge is 2.35. The summed E-state index contributed by atoms with van der Waals surface area (Å²) >= 11 is 5.99. The fourth-order valence-electron chi connectivity index (χ4n) is 2.66. The Balaban J connectivity index is 1.68. The molecule has 2 atom stereocenters. The van der Waals surface area contributed by atoms with E-state index in [1.54, 1.807) is 0 Å². The van der Waals surface area contributed by atoms with Crippen LogP contribution in [0.5, 0.6) is 0 Å². The molecule has 0 N–H and O–H groups in total. The lowest BCUT2D eigenvalue weighted by Crippen LogP contribution is -2.43. The number of fused-ring (bicyclic) bond motifs is 2. The van der Waals surface area contributed by atoms with Gasteiger partial charge in [-0.3, -0.25) is 0 Å². The van der Waals surface area contributed by atoms with E-state index < -0.39 is 0 Å². The molecule has 2 unspecified atom stereocenters. The maximum absolute atomic E-state index is 5.99. The quantitative estimate of drug-likeness (QED) is 0.796. The van der Waals surface area contributed by atoms with E-state index in [4.69, 9.17) is 16.3 Å². The monoisotopic (exact) mass is 293 g/mol. The Morgan fingerprint density at radius 1 is 1.10 bits per heavy atom. The first-order valence-corrected chi connectivity index (χ1v) is 6.83. The molecule has 20 heavy (non-hydrogen) atoms. The van der Waals surface area contributed by atoms with Crippen LogP contribution < -0.4 is 4.90 Å². The molecule has 2 aromatic rings. The number of anilines is 1. The summed E-state index contributed by atoms with van der Waals surface area (Å²) in [6.45, 7) is 1.57. The highest BCUT2D eigenvalue weighted by Crippen LogP contribution is 2.28. The van der Waals surface area contributed by atoms with Gasteiger partial charge in [-0.15, -0.1) is 0 Å². The highest BCUT2D eigenvalue weighted by molar-refractivity contribution is 6.28. The summed E-state index contributed by atoms with van der Waals surface area (Å²) in [5.74, 6) is 0.937. The van der Waals surface area contributed by atoms with Gasteiger partial charge in [-0.2, -0.15) is 24.7 Å². The fourth-order valence-corrected chi connectivity index (χ4v) is 2.81. The summed E-state index contributed by atoms with van der Waals surface area (Å²) in [4.78, 5) is 18.7. The summed E-state index contributed by atoms with van der Waals surface area (Å²) in [6.07, 6.45) is 5.66. The molecule has 9 heteroatoms. The van der Waals surface area contributed by atoms with E-state index in [1.165, 1.54) is 17.3 Å². The first-order chi connectivity index (χ1) is 9.78. The minimum atomic E-state index is 0.152. The number of rotatable bonds is 2. The minimum Gasteiger partial charge on any atom is -0.371 e. The number of morpholine rings is 1. The van der Waals surface area contributed by atoms with Gasteiger partial charge in [-0.25, -0.2) is 4.98 Å². The number of aromatic nitrogens is 6. The summed E-state index contributed by atoms with van der Waals surface area (Å²) in [7, 11) is 0. The van der Waals surface area contributed by atoms with Crippen molar-refractivity contribution in [2.75, 3.05) is 18.0 Å². The van der Waals surface area contributed by atoms with Crippen LogP contribution in [0.4, 0.5) is 5.95 Å². The molecule has 4 rings (SSSR count). The second-order valence-corrected chi connectivity index (χ2v) is 5.24. The number of ether oxygens (including phenoxy) is 1. The molecule has 104 valence electrons. The normalized spacial score (nSPS) is 25.1. The lowest BCUT2D eigenvalue weighted by molar-refractivity contribution is 0.0299. The van der Waals surface area contributed by atoms with Crippen LogP contribution in [0.2, 0.25) is 5.28 Å². The molecule has 2 aromatic heterocycles. The molecule has 2 bridgehead atoms. The average molecular weight is 294 g/mol. The molecule has 0 spiro atoms. The van der Waals surface area contributed by atoms with E-state index in [2.05, 4.69) is 29.9 Å². The Bertz CT molecular complexity index is 607. The second-order valence-electron chi connectivity index (χ2n) is 4.91. The number of halogens is 1. The van der Waals surface area contributed by atoms with Crippen molar-refractivity contribution in [3.05, 3.63) is 17.9 Å². The predicted octanol–water partition coefficient (Wildman–Crippen LogP) is 0.473. The van der Waals surface area contributed by atoms with Crippen LogP contribution in [-0.2, 0) is 4.74 Å². The van der Waals surface area contributed by atoms with Gasteiger partial charge in [-0.1, -0.05) is 0 Å². The Kier molecular flexibility index (Phi) is 2.78. The molecule has 2 saturated heterocycles. The summed E-state index contributed by atoms with van der Waals surface area (Å²) in [6, 6.07) is 0. The molecule has 0 amide bonds. The Morgan fingerprint density at radius 3 is 2.55 bits per heavy atom. The van der Waals surface area contributed by atoms with Gasteiger partial charge in [-0.05, 0) is 24.4 Å². The van der Waals surface area contributed by atoms with Crippen LogP contribution in [-0.4, -0.2) is 55.0 Å². The largest absolute Gasteiger partial charge is 0.371 e. The van der Waals surface area contributed by atoms with Crippen molar-refractivity contribution in [3.8, 4) is 5.95 Å². The predicted molar refractivity (Wildman–Crippen MR) is 69.9 cm³/mol. The van der Waals surface area contributed by atoms with Crippen LogP contribution in [0.3, 0.4) is 0 Å². The Labute approximate surface area is 119 Å². The average Bonchev–Trinajstić information content (AvgIpc) is 3.08. The lowest BCUT2D eigenvalue weighted by atomic mass is 10.2. The van der Waals surface area contributed by atoms with Crippen LogP contribution in [0, 0.1) is 0 Å². The van der Waals surface area contributed by atoms with Crippen molar-refractivity contribution in [2.45, 2.75) is 25.0 Å². The first kappa shape index (κ1) is 12.0. The molecular formula is C11H12ClN7O. The molecule has 8 nitrogen and oxygen atoms in total. The maximum atomic E-state index is 5.99. The Morgan fingerprint density at radius 2 is 1.85 bits per heavy atom. The van der Waals surface area contributed by atoms with E-state index >= 15 is 0 Å². The van der Waals surface area contributed by atoms with E-state index in [9.17, 15) is 0 Å². The fraction of sp³-hybridized carbons (Fsp3) is 0.545. The van der Waals surface area contributed by atoms with Gasteiger partial charge >= 0.3 is 0 Å². The van der Waals surface area contributed by atoms with Gasteiger partial charge in [0.1, 0.15) is 12.7 Å². The molecule has 0 saturated carbocycles. The molecule has 0 aliphatic carbocycles. The van der Waals surface area contributed by atoms with Gasteiger partial charge in [0.25, 0.3) is 5.95 Å². The molecule has 0 aromatic carbocycles.